The van der Waals surface area contributed by atoms with Gasteiger partial charge in [-0.3, -0.25) is 9.59 Å². The Morgan fingerprint density at radius 3 is 2.74 bits per heavy atom. The number of carbonyl (C=O) groups excluding carboxylic acids is 2. The number of Topliss-reactive ketones (excluding diaryl/α,β-unsaturated/α-hetero) is 1. The van der Waals surface area contributed by atoms with E-state index in [1.165, 1.54) is 17.8 Å². The van der Waals surface area contributed by atoms with Crippen LogP contribution in [0.4, 0.5) is 5.69 Å². The third-order valence-corrected chi connectivity index (χ3v) is 4.43. The summed E-state index contributed by atoms with van der Waals surface area (Å²) < 4.78 is 5.22. The van der Waals surface area contributed by atoms with Crippen LogP contribution in [0.1, 0.15) is 16.1 Å². The Kier molecular flexibility index (Phi) is 2.88. The minimum atomic E-state index is -0.618. The van der Waals surface area contributed by atoms with Crippen LogP contribution in [-0.4, -0.2) is 11.7 Å². The van der Waals surface area contributed by atoms with Crippen molar-refractivity contribution in [3.05, 3.63) is 40.8 Å². The predicted molar refractivity (Wildman–Crippen MR) is 72.0 cm³/mol. The van der Waals surface area contributed by atoms with Crippen molar-refractivity contribution in [1.29, 1.82) is 0 Å². The fourth-order valence-electron chi connectivity index (χ4n) is 1.82. The van der Waals surface area contributed by atoms with Crippen molar-refractivity contribution in [2.75, 3.05) is 5.32 Å². The molecule has 1 aromatic carbocycles. The van der Waals surface area contributed by atoms with Gasteiger partial charge >= 0.3 is 0 Å². The molecule has 0 aliphatic carbocycles. The summed E-state index contributed by atoms with van der Waals surface area (Å²) in [6.45, 7) is 1.86. The highest BCUT2D eigenvalue weighted by Crippen LogP contribution is 2.39. The van der Waals surface area contributed by atoms with Gasteiger partial charge in [0.25, 0.3) is 11.7 Å². The Balaban J connectivity index is 2.01. The molecule has 3 rings (SSSR count). The summed E-state index contributed by atoms with van der Waals surface area (Å²) in [5.74, 6) is -0.373. The molecular formula is C13H8ClNO3S. The first-order chi connectivity index (χ1) is 9.06. The average Bonchev–Trinajstić information content (AvgIpc) is 2.88. The van der Waals surface area contributed by atoms with Gasteiger partial charge in [-0.25, -0.2) is 0 Å². The lowest BCUT2D eigenvalue weighted by Crippen LogP contribution is -2.12. The summed E-state index contributed by atoms with van der Waals surface area (Å²) in [5.41, 5.74) is 0.825. The number of ketones is 1. The van der Waals surface area contributed by atoms with E-state index in [2.05, 4.69) is 5.32 Å². The fourth-order valence-corrected chi connectivity index (χ4v) is 2.99. The van der Waals surface area contributed by atoms with Crippen LogP contribution in [0.25, 0.3) is 0 Å². The van der Waals surface area contributed by atoms with Gasteiger partial charge in [-0.2, -0.15) is 0 Å². The van der Waals surface area contributed by atoms with E-state index in [9.17, 15) is 9.59 Å². The zero-order valence-electron chi connectivity index (χ0n) is 9.82. The number of amides is 1. The van der Waals surface area contributed by atoms with E-state index < -0.39 is 11.7 Å². The fraction of sp³-hybridized carbons (Fsp3) is 0.0769. The van der Waals surface area contributed by atoms with Crippen molar-refractivity contribution < 1.29 is 14.0 Å². The highest BCUT2D eigenvalue weighted by molar-refractivity contribution is 7.99. The highest BCUT2D eigenvalue weighted by Gasteiger charge is 2.29. The molecule has 0 bridgehead atoms. The minimum Gasteiger partial charge on any atom is -0.468 e. The number of carbonyl (C=O) groups is 2. The number of hydrogen-bond donors (Lipinski definition) is 1. The Morgan fingerprint density at radius 2 is 2.05 bits per heavy atom. The van der Waals surface area contributed by atoms with Gasteiger partial charge in [0, 0.05) is 4.90 Å². The molecule has 0 spiro atoms. The second kappa shape index (κ2) is 4.43. The van der Waals surface area contributed by atoms with E-state index in [0.717, 1.165) is 15.6 Å². The molecule has 1 N–H and O–H groups in total. The first-order valence-electron chi connectivity index (χ1n) is 5.47. The van der Waals surface area contributed by atoms with E-state index in [1.54, 1.807) is 12.3 Å². The van der Waals surface area contributed by atoms with Crippen molar-refractivity contribution >= 4 is 40.7 Å². The van der Waals surface area contributed by atoms with Crippen molar-refractivity contribution in [3.8, 4) is 0 Å². The van der Waals surface area contributed by atoms with Crippen LogP contribution in [0.5, 0.6) is 0 Å². The summed E-state index contributed by atoms with van der Waals surface area (Å²) >= 11 is 7.58. The van der Waals surface area contributed by atoms with E-state index in [4.69, 9.17) is 16.0 Å². The van der Waals surface area contributed by atoms with Crippen molar-refractivity contribution in [2.45, 2.75) is 16.7 Å². The molecular weight excluding hydrogens is 286 g/mol. The number of rotatable bonds is 2. The molecule has 1 aliphatic heterocycles. The number of aryl methyl sites for hydroxylation is 1. The number of hydrogen-bond acceptors (Lipinski definition) is 4. The minimum absolute atomic E-state index is 0.322. The Labute approximate surface area is 118 Å². The Morgan fingerprint density at radius 1 is 1.26 bits per heavy atom. The topological polar surface area (TPSA) is 59.3 Å². The third-order valence-electron chi connectivity index (χ3n) is 2.80. The van der Waals surface area contributed by atoms with E-state index in [-0.39, 0.29) is 0 Å². The molecule has 0 saturated heterocycles. The maximum absolute atomic E-state index is 11.5. The summed E-state index contributed by atoms with van der Waals surface area (Å²) in [6.07, 6.45) is 1.60. The maximum atomic E-state index is 11.5. The Hall–Kier alpha value is -1.72. The lowest BCUT2D eigenvalue weighted by molar-refractivity contribution is -0.112. The molecule has 0 radical (unpaired) electrons. The third kappa shape index (κ3) is 2.05. The summed E-state index contributed by atoms with van der Waals surface area (Å²) in [5, 5.41) is 2.96. The molecule has 1 aromatic heterocycles. The SMILES string of the molecule is Cc1occc1Sc1cc2c(cc1Cl)C(=O)C(=O)N2. The quantitative estimate of drug-likeness (QED) is 0.861. The summed E-state index contributed by atoms with van der Waals surface area (Å²) in [4.78, 5) is 24.5. The number of nitrogens with one attached hydrogen (secondary N) is 1. The van der Waals surface area contributed by atoms with E-state index >= 15 is 0 Å². The van der Waals surface area contributed by atoms with Crippen LogP contribution in [0, 0.1) is 6.92 Å². The molecule has 4 nitrogen and oxygen atoms in total. The summed E-state index contributed by atoms with van der Waals surface area (Å²) in [7, 11) is 0. The number of furan rings is 1. The average molecular weight is 294 g/mol. The van der Waals surface area contributed by atoms with Gasteiger partial charge in [-0.1, -0.05) is 23.4 Å². The molecule has 2 aromatic rings. The summed E-state index contributed by atoms with van der Waals surface area (Å²) in [6, 6.07) is 5.07. The van der Waals surface area contributed by atoms with Gasteiger partial charge in [-0.05, 0) is 25.1 Å². The molecule has 0 atom stereocenters. The van der Waals surface area contributed by atoms with Gasteiger partial charge in [0.1, 0.15) is 5.76 Å². The van der Waals surface area contributed by atoms with Crippen LogP contribution in [0.2, 0.25) is 5.02 Å². The molecule has 6 heteroatoms. The molecule has 1 aliphatic rings. The highest BCUT2D eigenvalue weighted by atomic mass is 35.5. The number of benzene rings is 1. The van der Waals surface area contributed by atoms with Crippen molar-refractivity contribution in [2.24, 2.45) is 0 Å². The number of fused-ring (bicyclic) bond motifs is 1. The largest absolute Gasteiger partial charge is 0.468 e. The second-order valence-corrected chi connectivity index (χ2v) is 5.55. The molecule has 96 valence electrons. The first kappa shape index (κ1) is 12.3. The normalized spacial score (nSPS) is 13.6. The predicted octanol–water partition coefficient (Wildman–Crippen LogP) is 3.53. The molecule has 0 unspecified atom stereocenters. The molecule has 1 amide bonds. The van der Waals surface area contributed by atoms with Gasteiger partial charge < -0.3 is 9.73 Å². The smallest absolute Gasteiger partial charge is 0.296 e. The van der Waals surface area contributed by atoms with Gasteiger partial charge in [0.2, 0.25) is 0 Å². The van der Waals surface area contributed by atoms with Crippen LogP contribution in [0.3, 0.4) is 0 Å². The van der Waals surface area contributed by atoms with Crippen molar-refractivity contribution in [1.82, 2.24) is 0 Å². The Bertz CT molecular complexity index is 708. The van der Waals surface area contributed by atoms with Gasteiger partial charge in [0.15, 0.2) is 0 Å². The van der Waals surface area contributed by atoms with Crippen LogP contribution in [0.15, 0.2) is 38.7 Å². The van der Waals surface area contributed by atoms with Crippen LogP contribution in [-0.2, 0) is 4.79 Å². The maximum Gasteiger partial charge on any atom is 0.296 e. The molecule has 2 heterocycles. The monoisotopic (exact) mass is 293 g/mol. The van der Waals surface area contributed by atoms with Gasteiger partial charge in [0.05, 0.1) is 27.4 Å². The molecule has 19 heavy (non-hydrogen) atoms. The second-order valence-electron chi connectivity index (χ2n) is 4.05. The zero-order valence-corrected chi connectivity index (χ0v) is 11.4. The molecule has 0 fully saturated rings. The van der Waals surface area contributed by atoms with Crippen molar-refractivity contribution in [3.63, 3.8) is 0 Å². The standard InChI is InChI=1S/C13H8ClNO3S/c1-6-10(2-3-18-6)19-11-5-9-7(4-8(11)14)12(16)13(17)15-9/h2-5H,1H3,(H,15,16,17). The number of anilines is 1. The van der Waals surface area contributed by atoms with Gasteiger partial charge in [-0.15, -0.1) is 0 Å². The van der Waals surface area contributed by atoms with Crippen LogP contribution < -0.4 is 5.32 Å². The lowest BCUT2D eigenvalue weighted by Gasteiger charge is -2.05. The number of halogens is 1. The first-order valence-corrected chi connectivity index (χ1v) is 6.67. The van der Waals surface area contributed by atoms with E-state index in [1.807, 2.05) is 13.0 Å². The zero-order chi connectivity index (χ0) is 13.6. The van der Waals surface area contributed by atoms with Crippen LogP contribution >= 0.6 is 23.4 Å². The lowest BCUT2D eigenvalue weighted by atomic mass is 10.1. The molecule has 0 saturated carbocycles. The van der Waals surface area contributed by atoms with E-state index in [0.29, 0.717) is 16.3 Å².